The normalized spacial score (nSPS) is 19.1. The average Bonchev–Trinajstić information content (AvgIpc) is 2.33. The number of hydrogen-bond acceptors (Lipinski definition) is 2. The van der Waals surface area contributed by atoms with Crippen LogP contribution in [0.1, 0.15) is 32.4 Å². The van der Waals surface area contributed by atoms with Gasteiger partial charge in [0.2, 0.25) is 0 Å². The molecule has 0 amide bonds. The minimum Gasteiger partial charge on any atom is -0.314 e. The number of piperazine rings is 1. The van der Waals surface area contributed by atoms with Gasteiger partial charge in [0.25, 0.3) is 0 Å². The first-order valence-corrected chi connectivity index (χ1v) is 6.90. The first kappa shape index (κ1) is 15.3. The highest BCUT2D eigenvalue weighted by atomic mass is 19.1. The summed E-state index contributed by atoms with van der Waals surface area (Å²) in [4.78, 5) is 2.07. The topological polar surface area (TPSA) is 15.3 Å². The second-order valence-electron chi connectivity index (χ2n) is 6.34. The summed E-state index contributed by atoms with van der Waals surface area (Å²) in [5, 5.41) is 3.22. The predicted octanol–water partition coefficient (Wildman–Crippen LogP) is 3.10. The smallest absolute Gasteiger partial charge is 0.133 e. The number of nitrogens with zero attached hydrogens (tertiary/aromatic N) is 1. The Bertz CT molecular complexity index is 453. The maximum atomic E-state index is 14.1. The second kappa shape index (κ2) is 5.74. The van der Waals surface area contributed by atoms with Crippen molar-refractivity contribution < 1.29 is 13.2 Å². The van der Waals surface area contributed by atoms with Gasteiger partial charge in [0.15, 0.2) is 0 Å². The van der Waals surface area contributed by atoms with Gasteiger partial charge < -0.3 is 5.32 Å². The van der Waals surface area contributed by atoms with Crippen LogP contribution < -0.4 is 5.32 Å². The Hall–Kier alpha value is -1.07. The Kier molecular flexibility index (Phi) is 4.39. The monoisotopic (exact) mass is 286 g/mol. The van der Waals surface area contributed by atoms with Crippen molar-refractivity contribution >= 4 is 0 Å². The molecule has 112 valence electrons. The second-order valence-corrected chi connectivity index (χ2v) is 6.34. The fourth-order valence-corrected chi connectivity index (χ4v) is 2.92. The van der Waals surface area contributed by atoms with Crippen molar-refractivity contribution in [3.05, 3.63) is 35.1 Å². The average molecular weight is 286 g/mol. The van der Waals surface area contributed by atoms with Gasteiger partial charge in [-0.15, -0.1) is 0 Å². The molecule has 1 atom stereocenters. The van der Waals surface area contributed by atoms with E-state index < -0.39 is 23.5 Å². The van der Waals surface area contributed by atoms with Gasteiger partial charge >= 0.3 is 0 Å². The van der Waals surface area contributed by atoms with Gasteiger partial charge in [0.1, 0.15) is 17.5 Å². The molecule has 0 radical (unpaired) electrons. The molecule has 1 aromatic carbocycles. The van der Waals surface area contributed by atoms with Crippen molar-refractivity contribution in [1.29, 1.82) is 0 Å². The van der Waals surface area contributed by atoms with Gasteiger partial charge in [-0.2, -0.15) is 0 Å². The lowest BCUT2D eigenvalue weighted by Gasteiger charge is -2.42. The van der Waals surface area contributed by atoms with E-state index in [4.69, 9.17) is 0 Å². The fourth-order valence-electron chi connectivity index (χ4n) is 2.92. The lowest BCUT2D eigenvalue weighted by molar-refractivity contribution is 0.0803. The van der Waals surface area contributed by atoms with Crippen LogP contribution in [-0.4, -0.2) is 31.1 Å². The zero-order chi connectivity index (χ0) is 14.9. The molecule has 20 heavy (non-hydrogen) atoms. The van der Waals surface area contributed by atoms with Crippen LogP contribution in [0.2, 0.25) is 0 Å². The molecular formula is C15H21F3N2. The number of benzene rings is 1. The molecule has 5 heteroatoms. The molecule has 0 unspecified atom stereocenters. The van der Waals surface area contributed by atoms with E-state index in [9.17, 15) is 13.2 Å². The molecule has 2 nitrogen and oxygen atoms in total. The van der Waals surface area contributed by atoms with Gasteiger partial charge in [0, 0.05) is 49.9 Å². The number of hydrogen-bond donors (Lipinski definition) is 1. The third kappa shape index (κ3) is 3.15. The standard InChI is InChI=1S/C15H21F3N2/c1-15(2,3)14(20-6-4-19-5-7-20)13-11(17)8-10(16)9-12(13)18/h8-9,14,19H,4-7H2,1-3H3/t14-/m0/s1. The quantitative estimate of drug-likeness (QED) is 0.898. The van der Waals surface area contributed by atoms with Crippen molar-refractivity contribution in [2.75, 3.05) is 26.2 Å². The maximum absolute atomic E-state index is 14.1. The van der Waals surface area contributed by atoms with Crippen molar-refractivity contribution in [3.8, 4) is 0 Å². The summed E-state index contributed by atoms with van der Waals surface area (Å²) in [5.41, 5.74) is -0.377. The summed E-state index contributed by atoms with van der Waals surface area (Å²) in [5.74, 6) is -2.49. The molecule has 2 rings (SSSR count). The minimum atomic E-state index is -0.878. The van der Waals surface area contributed by atoms with E-state index in [1.165, 1.54) is 0 Å². The molecule has 1 aliphatic rings. The van der Waals surface area contributed by atoms with E-state index >= 15 is 0 Å². The van der Waals surface area contributed by atoms with Crippen LogP contribution in [0, 0.1) is 22.9 Å². The van der Waals surface area contributed by atoms with E-state index in [2.05, 4.69) is 10.2 Å². The van der Waals surface area contributed by atoms with Crippen LogP contribution >= 0.6 is 0 Å². The molecule has 1 aromatic rings. The third-order valence-electron chi connectivity index (χ3n) is 3.65. The highest BCUT2D eigenvalue weighted by Gasteiger charge is 2.36. The zero-order valence-electron chi connectivity index (χ0n) is 12.1. The summed E-state index contributed by atoms with van der Waals surface area (Å²) in [6.45, 7) is 8.86. The van der Waals surface area contributed by atoms with E-state index in [-0.39, 0.29) is 11.0 Å². The fraction of sp³-hybridized carbons (Fsp3) is 0.600. The number of rotatable bonds is 2. The predicted molar refractivity (Wildman–Crippen MR) is 73.0 cm³/mol. The van der Waals surface area contributed by atoms with Gasteiger partial charge in [-0.1, -0.05) is 20.8 Å². The summed E-state index contributed by atoms with van der Waals surface area (Å²) in [6.07, 6.45) is 0. The molecule has 0 saturated carbocycles. The molecule has 1 saturated heterocycles. The lowest BCUT2D eigenvalue weighted by atomic mass is 9.80. The van der Waals surface area contributed by atoms with Crippen LogP contribution in [-0.2, 0) is 0 Å². The molecule has 0 aliphatic carbocycles. The Labute approximate surface area is 118 Å². The Morgan fingerprint density at radius 3 is 2.00 bits per heavy atom. The van der Waals surface area contributed by atoms with Gasteiger partial charge in [-0.3, -0.25) is 4.90 Å². The van der Waals surface area contributed by atoms with Crippen LogP contribution in [0.3, 0.4) is 0 Å². The molecule has 0 bridgehead atoms. The van der Waals surface area contributed by atoms with Crippen molar-refractivity contribution in [2.24, 2.45) is 5.41 Å². The summed E-state index contributed by atoms with van der Waals surface area (Å²) < 4.78 is 41.4. The van der Waals surface area contributed by atoms with Gasteiger partial charge in [-0.25, -0.2) is 13.2 Å². The largest absolute Gasteiger partial charge is 0.314 e. The highest BCUT2D eigenvalue weighted by molar-refractivity contribution is 5.26. The Morgan fingerprint density at radius 2 is 1.55 bits per heavy atom. The molecule has 1 fully saturated rings. The summed E-state index contributed by atoms with van der Waals surface area (Å²) >= 11 is 0. The van der Waals surface area contributed by atoms with Gasteiger partial charge in [0.05, 0.1) is 0 Å². The zero-order valence-corrected chi connectivity index (χ0v) is 12.1. The van der Waals surface area contributed by atoms with Gasteiger partial charge in [-0.05, 0) is 5.41 Å². The maximum Gasteiger partial charge on any atom is 0.133 e. The Morgan fingerprint density at radius 1 is 1.05 bits per heavy atom. The summed E-state index contributed by atoms with van der Waals surface area (Å²) in [7, 11) is 0. The number of halogens is 3. The van der Waals surface area contributed by atoms with Crippen molar-refractivity contribution in [2.45, 2.75) is 26.8 Å². The molecule has 1 aliphatic heterocycles. The van der Waals surface area contributed by atoms with Crippen LogP contribution in [0.5, 0.6) is 0 Å². The van der Waals surface area contributed by atoms with E-state index in [0.29, 0.717) is 0 Å². The minimum absolute atomic E-state index is 0.0270. The molecule has 1 N–H and O–H groups in total. The molecule has 0 spiro atoms. The third-order valence-corrected chi connectivity index (χ3v) is 3.65. The van der Waals surface area contributed by atoms with Crippen molar-refractivity contribution in [1.82, 2.24) is 10.2 Å². The van der Waals surface area contributed by atoms with Crippen LogP contribution in [0.15, 0.2) is 12.1 Å². The summed E-state index contributed by atoms with van der Waals surface area (Å²) in [6, 6.07) is 1.11. The van der Waals surface area contributed by atoms with E-state index in [1.807, 2.05) is 20.8 Å². The first-order valence-electron chi connectivity index (χ1n) is 6.90. The number of nitrogens with one attached hydrogen (secondary N) is 1. The van der Waals surface area contributed by atoms with E-state index in [1.54, 1.807) is 0 Å². The Balaban J connectivity index is 2.46. The van der Waals surface area contributed by atoms with Crippen LogP contribution in [0.25, 0.3) is 0 Å². The van der Waals surface area contributed by atoms with Crippen LogP contribution in [0.4, 0.5) is 13.2 Å². The highest BCUT2D eigenvalue weighted by Crippen LogP contribution is 2.40. The lowest BCUT2D eigenvalue weighted by Crippen LogP contribution is -2.48. The molecular weight excluding hydrogens is 265 g/mol. The van der Waals surface area contributed by atoms with E-state index in [0.717, 1.165) is 38.3 Å². The molecule has 0 aromatic heterocycles. The SMILES string of the molecule is CC(C)(C)[C@H](c1c(F)cc(F)cc1F)N1CCNCC1. The van der Waals surface area contributed by atoms with Crippen molar-refractivity contribution in [3.63, 3.8) is 0 Å². The molecule has 1 heterocycles. The first-order chi connectivity index (χ1) is 9.30.